The number of nitrogens with zero attached hydrogens (tertiary/aromatic N) is 1. The van der Waals surface area contributed by atoms with Crippen molar-refractivity contribution < 1.29 is 14.4 Å². The van der Waals surface area contributed by atoms with Crippen LogP contribution in [0.4, 0.5) is 0 Å². The summed E-state index contributed by atoms with van der Waals surface area (Å²) < 4.78 is 0. The second-order valence-electron chi connectivity index (χ2n) is 5.48. The standard InChI is InChI=1S/C13H21N3O3/c1-3-4-13(5-6-14-8-13)12(19)15-9-7-10(17)16(2)11(9)18/h9,14H,3-8H2,1-2H3,(H,15,19). The Labute approximate surface area is 112 Å². The van der Waals surface area contributed by atoms with Crippen LogP contribution in [0.5, 0.6) is 0 Å². The summed E-state index contributed by atoms with van der Waals surface area (Å²) in [5, 5.41) is 5.98. The molecule has 3 amide bonds. The van der Waals surface area contributed by atoms with E-state index < -0.39 is 11.5 Å². The summed E-state index contributed by atoms with van der Waals surface area (Å²) in [7, 11) is 1.45. The van der Waals surface area contributed by atoms with Gasteiger partial charge in [-0.3, -0.25) is 19.3 Å². The van der Waals surface area contributed by atoms with Crippen LogP contribution >= 0.6 is 0 Å². The van der Waals surface area contributed by atoms with Gasteiger partial charge in [-0.15, -0.1) is 0 Å². The fourth-order valence-corrected chi connectivity index (χ4v) is 2.92. The molecule has 106 valence electrons. The van der Waals surface area contributed by atoms with Gasteiger partial charge in [0.25, 0.3) is 5.91 Å². The fraction of sp³-hybridized carbons (Fsp3) is 0.769. The van der Waals surface area contributed by atoms with E-state index in [2.05, 4.69) is 10.6 Å². The molecule has 0 aliphatic carbocycles. The van der Waals surface area contributed by atoms with Crippen LogP contribution in [0.25, 0.3) is 0 Å². The molecule has 2 aliphatic heterocycles. The van der Waals surface area contributed by atoms with Crippen molar-refractivity contribution in [1.82, 2.24) is 15.5 Å². The summed E-state index contributed by atoms with van der Waals surface area (Å²) in [6, 6.07) is -0.681. The van der Waals surface area contributed by atoms with Crippen LogP contribution in [0.3, 0.4) is 0 Å². The number of carbonyl (C=O) groups is 3. The largest absolute Gasteiger partial charge is 0.343 e. The van der Waals surface area contributed by atoms with Gasteiger partial charge < -0.3 is 10.6 Å². The molecule has 0 aromatic heterocycles. The van der Waals surface area contributed by atoms with E-state index in [1.807, 2.05) is 6.92 Å². The summed E-state index contributed by atoms with van der Waals surface area (Å²) in [4.78, 5) is 36.8. The number of hydrogen-bond acceptors (Lipinski definition) is 4. The molecular weight excluding hydrogens is 246 g/mol. The van der Waals surface area contributed by atoms with Gasteiger partial charge in [0.2, 0.25) is 11.8 Å². The van der Waals surface area contributed by atoms with E-state index in [1.54, 1.807) is 0 Å². The molecule has 6 heteroatoms. The summed E-state index contributed by atoms with van der Waals surface area (Å²) >= 11 is 0. The van der Waals surface area contributed by atoms with Crippen molar-refractivity contribution in [1.29, 1.82) is 0 Å². The van der Waals surface area contributed by atoms with Gasteiger partial charge in [-0.1, -0.05) is 13.3 Å². The predicted molar refractivity (Wildman–Crippen MR) is 69.2 cm³/mol. The number of carbonyl (C=O) groups excluding carboxylic acids is 3. The normalized spacial score (nSPS) is 31.1. The first-order valence-electron chi connectivity index (χ1n) is 6.82. The molecule has 0 bridgehead atoms. The highest BCUT2D eigenvalue weighted by atomic mass is 16.2. The molecule has 0 saturated carbocycles. The first-order valence-corrected chi connectivity index (χ1v) is 6.82. The molecule has 0 radical (unpaired) electrons. The van der Waals surface area contributed by atoms with E-state index in [0.717, 1.165) is 30.7 Å². The van der Waals surface area contributed by atoms with E-state index in [-0.39, 0.29) is 24.1 Å². The maximum Gasteiger partial charge on any atom is 0.252 e. The van der Waals surface area contributed by atoms with Crippen LogP contribution in [-0.2, 0) is 14.4 Å². The minimum Gasteiger partial charge on any atom is -0.343 e. The monoisotopic (exact) mass is 267 g/mol. The highest BCUT2D eigenvalue weighted by molar-refractivity contribution is 6.06. The third-order valence-corrected chi connectivity index (χ3v) is 4.14. The Morgan fingerprint density at radius 2 is 2.26 bits per heavy atom. The Hall–Kier alpha value is -1.43. The molecule has 2 atom stereocenters. The number of nitrogens with one attached hydrogen (secondary N) is 2. The summed E-state index contributed by atoms with van der Waals surface area (Å²) in [6.45, 7) is 3.52. The molecule has 0 aromatic rings. The highest BCUT2D eigenvalue weighted by Crippen LogP contribution is 2.31. The van der Waals surface area contributed by atoms with Crippen LogP contribution in [0.1, 0.15) is 32.6 Å². The van der Waals surface area contributed by atoms with Crippen molar-refractivity contribution >= 4 is 17.7 Å². The lowest BCUT2D eigenvalue weighted by Gasteiger charge is -2.27. The molecule has 2 N–H and O–H groups in total. The molecule has 2 aliphatic rings. The van der Waals surface area contributed by atoms with E-state index >= 15 is 0 Å². The molecule has 2 rings (SSSR count). The van der Waals surface area contributed by atoms with Crippen molar-refractivity contribution in [3.8, 4) is 0 Å². The maximum absolute atomic E-state index is 12.4. The van der Waals surface area contributed by atoms with Gasteiger partial charge in [0.15, 0.2) is 0 Å². The van der Waals surface area contributed by atoms with Crippen LogP contribution in [0.2, 0.25) is 0 Å². The van der Waals surface area contributed by atoms with E-state index in [4.69, 9.17) is 0 Å². The lowest BCUT2D eigenvalue weighted by Crippen LogP contribution is -2.49. The summed E-state index contributed by atoms with van der Waals surface area (Å²) in [5.74, 6) is -0.638. The molecule has 2 saturated heterocycles. The lowest BCUT2D eigenvalue weighted by molar-refractivity contribution is -0.139. The quantitative estimate of drug-likeness (QED) is 0.682. The lowest BCUT2D eigenvalue weighted by atomic mass is 9.81. The number of hydrogen-bond donors (Lipinski definition) is 2. The third kappa shape index (κ3) is 2.49. The van der Waals surface area contributed by atoms with Crippen molar-refractivity contribution in [3.05, 3.63) is 0 Å². The zero-order valence-electron chi connectivity index (χ0n) is 11.5. The number of imide groups is 1. The molecule has 2 fully saturated rings. The predicted octanol–water partition coefficient (Wildman–Crippen LogP) is -0.360. The Morgan fingerprint density at radius 1 is 1.53 bits per heavy atom. The van der Waals surface area contributed by atoms with Crippen molar-refractivity contribution in [3.63, 3.8) is 0 Å². The Bertz CT molecular complexity index is 402. The zero-order chi connectivity index (χ0) is 14.0. The van der Waals surface area contributed by atoms with E-state index in [0.29, 0.717) is 6.54 Å². The minimum atomic E-state index is -0.681. The fourth-order valence-electron chi connectivity index (χ4n) is 2.92. The van der Waals surface area contributed by atoms with Gasteiger partial charge in [-0.25, -0.2) is 0 Å². The van der Waals surface area contributed by atoms with Crippen molar-refractivity contribution in [2.24, 2.45) is 5.41 Å². The second kappa shape index (κ2) is 5.28. The number of likely N-dealkylation sites (N-methyl/N-ethyl adjacent to an activating group) is 1. The molecule has 19 heavy (non-hydrogen) atoms. The van der Waals surface area contributed by atoms with Crippen LogP contribution in [-0.4, -0.2) is 48.8 Å². The Balaban J connectivity index is 2.04. The third-order valence-electron chi connectivity index (χ3n) is 4.14. The van der Waals surface area contributed by atoms with Crippen LogP contribution < -0.4 is 10.6 Å². The average Bonchev–Trinajstić information content (AvgIpc) is 2.93. The summed E-state index contributed by atoms with van der Waals surface area (Å²) in [6.07, 6.45) is 2.59. The van der Waals surface area contributed by atoms with Gasteiger partial charge in [0.1, 0.15) is 6.04 Å². The molecule has 0 spiro atoms. The zero-order valence-corrected chi connectivity index (χ0v) is 11.5. The Kier molecular flexibility index (Phi) is 3.89. The number of likely N-dealkylation sites (tertiary alicyclic amines) is 1. The van der Waals surface area contributed by atoms with Gasteiger partial charge in [0.05, 0.1) is 11.8 Å². The van der Waals surface area contributed by atoms with Crippen LogP contribution in [0, 0.1) is 5.41 Å². The second-order valence-corrected chi connectivity index (χ2v) is 5.48. The Morgan fingerprint density at radius 3 is 2.74 bits per heavy atom. The number of amides is 3. The minimum absolute atomic E-state index is 0.0801. The van der Waals surface area contributed by atoms with Gasteiger partial charge >= 0.3 is 0 Å². The average molecular weight is 267 g/mol. The molecule has 0 aromatic carbocycles. The highest BCUT2D eigenvalue weighted by Gasteiger charge is 2.44. The molecular formula is C13H21N3O3. The molecule has 2 unspecified atom stereocenters. The first-order chi connectivity index (χ1) is 9.00. The van der Waals surface area contributed by atoms with Gasteiger partial charge in [0, 0.05) is 13.6 Å². The maximum atomic E-state index is 12.4. The van der Waals surface area contributed by atoms with Crippen molar-refractivity contribution in [2.45, 2.75) is 38.6 Å². The smallest absolute Gasteiger partial charge is 0.252 e. The van der Waals surface area contributed by atoms with E-state index in [1.165, 1.54) is 7.05 Å². The SMILES string of the molecule is CCCC1(C(=O)NC2CC(=O)N(C)C2=O)CCNC1. The van der Waals surface area contributed by atoms with Gasteiger partial charge in [-0.05, 0) is 19.4 Å². The van der Waals surface area contributed by atoms with E-state index in [9.17, 15) is 14.4 Å². The summed E-state index contributed by atoms with van der Waals surface area (Å²) in [5.41, 5.74) is -0.417. The molecule has 2 heterocycles. The van der Waals surface area contributed by atoms with Gasteiger partial charge in [-0.2, -0.15) is 0 Å². The topological polar surface area (TPSA) is 78.5 Å². The number of rotatable bonds is 4. The molecule has 6 nitrogen and oxygen atoms in total. The first kappa shape index (κ1) is 14.0. The van der Waals surface area contributed by atoms with Crippen molar-refractivity contribution in [2.75, 3.05) is 20.1 Å². The van der Waals surface area contributed by atoms with Crippen LogP contribution in [0.15, 0.2) is 0 Å².